The van der Waals surface area contributed by atoms with Crippen LogP contribution in [0.2, 0.25) is 0 Å². The molecule has 5 heteroatoms. The minimum absolute atomic E-state index is 0.0704. The van der Waals surface area contributed by atoms with Crippen LogP contribution in [0.15, 0.2) is 24.4 Å². The van der Waals surface area contributed by atoms with Crippen molar-refractivity contribution in [3.8, 4) is 5.75 Å². The number of aromatic nitrogens is 3. The third kappa shape index (κ3) is 3.79. The minimum atomic E-state index is -0.0704. The van der Waals surface area contributed by atoms with E-state index in [1.54, 1.807) is 10.9 Å². The van der Waals surface area contributed by atoms with Crippen LogP contribution in [0.3, 0.4) is 0 Å². The van der Waals surface area contributed by atoms with E-state index in [9.17, 15) is 0 Å². The molecule has 0 aliphatic carbocycles. The van der Waals surface area contributed by atoms with Crippen molar-refractivity contribution in [3.05, 3.63) is 41.2 Å². The van der Waals surface area contributed by atoms with E-state index in [2.05, 4.69) is 35.4 Å². The first-order chi connectivity index (χ1) is 9.19. The zero-order valence-corrected chi connectivity index (χ0v) is 11.3. The van der Waals surface area contributed by atoms with E-state index in [4.69, 9.17) is 9.84 Å². The zero-order valence-electron chi connectivity index (χ0n) is 11.3. The van der Waals surface area contributed by atoms with Crippen molar-refractivity contribution in [1.29, 1.82) is 0 Å². The summed E-state index contributed by atoms with van der Waals surface area (Å²) in [7, 11) is 0. The van der Waals surface area contributed by atoms with E-state index in [1.807, 2.05) is 6.92 Å². The molecule has 0 fully saturated rings. The fraction of sp³-hybridized carbons (Fsp3) is 0.429. The highest BCUT2D eigenvalue weighted by Gasteiger charge is 2.01. The van der Waals surface area contributed by atoms with Gasteiger partial charge in [0.05, 0.1) is 19.4 Å². The van der Waals surface area contributed by atoms with E-state index < -0.39 is 0 Å². The van der Waals surface area contributed by atoms with Crippen molar-refractivity contribution in [2.24, 2.45) is 0 Å². The fourth-order valence-electron chi connectivity index (χ4n) is 1.79. The monoisotopic (exact) mass is 261 g/mol. The quantitative estimate of drug-likeness (QED) is 0.806. The summed E-state index contributed by atoms with van der Waals surface area (Å²) in [5.74, 6) is 0.939. The Bertz CT molecular complexity index is 537. The SMILES string of the molecule is Cc1ccc(C)c(OCCCn2cc(CO)nn2)c1. The van der Waals surface area contributed by atoms with Crippen molar-refractivity contribution in [2.75, 3.05) is 6.61 Å². The van der Waals surface area contributed by atoms with Crippen molar-refractivity contribution < 1.29 is 9.84 Å². The van der Waals surface area contributed by atoms with Gasteiger partial charge in [0.2, 0.25) is 0 Å². The van der Waals surface area contributed by atoms with Crippen LogP contribution >= 0.6 is 0 Å². The Balaban J connectivity index is 1.79. The predicted molar refractivity (Wildman–Crippen MR) is 72.0 cm³/mol. The number of benzene rings is 1. The van der Waals surface area contributed by atoms with Crippen LogP contribution in [-0.2, 0) is 13.2 Å². The van der Waals surface area contributed by atoms with Crippen LogP contribution < -0.4 is 4.74 Å². The lowest BCUT2D eigenvalue weighted by atomic mass is 10.1. The molecule has 0 amide bonds. The summed E-state index contributed by atoms with van der Waals surface area (Å²) in [4.78, 5) is 0. The standard InChI is InChI=1S/C14H19N3O2/c1-11-4-5-12(2)14(8-11)19-7-3-6-17-9-13(10-18)15-16-17/h4-5,8-9,18H,3,6-7,10H2,1-2H3. The fourth-order valence-corrected chi connectivity index (χ4v) is 1.79. The van der Waals surface area contributed by atoms with E-state index >= 15 is 0 Å². The van der Waals surface area contributed by atoms with Gasteiger partial charge in [-0.3, -0.25) is 4.68 Å². The molecule has 1 aromatic heterocycles. The first-order valence-corrected chi connectivity index (χ1v) is 6.39. The maximum absolute atomic E-state index is 8.89. The van der Waals surface area contributed by atoms with Crippen LogP contribution in [0.4, 0.5) is 0 Å². The molecule has 2 aromatic rings. The third-order valence-electron chi connectivity index (χ3n) is 2.88. The molecule has 1 heterocycles. The van der Waals surface area contributed by atoms with Gasteiger partial charge >= 0.3 is 0 Å². The van der Waals surface area contributed by atoms with Gasteiger partial charge in [0.25, 0.3) is 0 Å². The summed E-state index contributed by atoms with van der Waals surface area (Å²) in [6.45, 7) is 5.40. The van der Waals surface area contributed by atoms with Crippen LogP contribution in [-0.4, -0.2) is 26.7 Å². The van der Waals surface area contributed by atoms with Crippen LogP contribution in [0.1, 0.15) is 23.2 Å². The molecule has 19 heavy (non-hydrogen) atoms. The number of hydrogen-bond donors (Lipinski definition) is 1. The second kappa shape index (κ2) is 6.33. The third-order valence-corrected chi connectivity index (χ3v) is 2.88. The van der Waals surface area contributed by atoms with Gasteiger partial charge in [-0.1, -0.05) is 17.3 Å². The van der Waals surface area contributed by atoms with Gasteiger partial charge in [0.1, 0.15) is 11.4 Å². The Kier molecular flexibility index (Phi) is 4.52. The molecule has 0 unspecified atom stereocenters. The lowest BCUT2D eigenvalue weighted by Crippen LogP contribution is -2.05. The second-order valence-electron chi connectivity index (χ2n) is 4.60. The summed E-state index contributed by atoms with van der Waals surface area (Å²) < 4.78 is 7.48. The van der Waals surface area contributed by atoms with E-state index in [0.29, 0.717) is 12.3 Å². The number of ether oxygens (including phenoxy) is 1. The Morgan fingerprint density at radius 1 is 1.32 bits per heavy atom. The molecule has 1 N–H and O–H groups in total. The van der Waals surface area contributed by atoms with Gasteiger partial charge in [-0.25, -0.2) is 0 Å². The Hall–Kier alpha value is -1.88. The van der Waals surface area contributed by atoms with Gasteiger partial charge in [0.15, 0.2) is 0 Å². The van der Waals surface area contributed by atoms with Gasteiger partial charge in [-0.2, -0.15) is 0 Å². The molecular formula is C14H19N3O2. The maximum atomic E-state index is 8.89. The molecule has 0 saturated heterocycles. The van der Waals surface area contributed by atoms with E-state index in [1.165, 1.54) is 5.56 Å². The normalized spacial score (nSPS) is 10.7. The van der Waals surface area contributed by atoms with Gasteiger partial charge in [-0.05, 0) is 31.0 Å². The van der Waals surface area contributed by atoms with Crippen LogP contribution in [0.25, 0.3) is 0 Å². The average molecular weight is 261 g/mol. The molecule has 0 radical (unpaired) electrons. The number of nitrogens with zero attached hydrogens (tertiary/aromatic N) is 3. The Morgan fingerprint density at radius 2 is 2.16 bits per heavy atom. The first-order valence-electron chi connectivity index (χ1n) is 6.39. The van der Waals surface area contributed by atoms with Crippen molar-refractivity contribution in [3.63, 3.8) is 0 Å². The lowest BCUT2D eigenvalue weighted by molar-refractivity contribution is 0.276. The summed E-state index contributed by atoms with van der Waals surface area (Å²) in [6, 6.07) is 6.19. The Labute approximate surface area is 112 Å². The number of rotatable bonds is 6. The first kappa shape index (κ1) is 13.5. The molecule has 2 rings (SSSR count). The van der Waals surface area contributed by atoms with Crippen LogP contribution in [0, 0.1) is 13.8 Å². The second-order valence-corrected chi connectivity index (χ2v) is 4.60. The summed E-state index contributed by atoms with van der Waals surface area (Å²) in [6.07, 6.45) is 2.60. The minimum Gasteiger partial charge on any atom is -0.493 e. The Morgan fingerprint density at radius 3 is 2.89 bits per heavy atom. The molecule has 0 aliphatic heterocycles. The molecule has 0 bridgehead atoms. The lowest BCUT2D eigenvalue weighted by Gasteiger charge is -2.09. The largest absolute Gasteiger partial charge is 0.493 e. The van der Waals surface area contributed by atoms with Gasteiger partial charge in [-0.15, -0.1) is 5.10 Å². The van der Waals surface area contributed by atoms with Crippen molar-refractivity contribution in [1.82, 2.24) is 15.0 Å². The molecular weight excluding hydrogens is 242 g/mol. The molecule has 5 nitrogen and oxygen atoms in total. The average Bonchev–Trinajstić information content (AvgIpc) is 2.86. The van der Waals surface area contributed by atoms with Gasteiger partial charge < -0.3 is 9.84 Å². The molecule has 0 saturated carbocycles. The molecule has 0 spiro atoms. The van der Waals surface area contributed by atoms with E-state index in [-0.39, 0.29) is 6.61 Å². The number of aliphatic hydroxyl groups is 1. The van der Waals surface area contributed by atoms with Crippen molar-refractivity contribution in [2.45, 2.75) is 33.4 Å². The van der Waals surface area contributed by atoms with Gasteiger partial charge in [0, 0.05) is 13.0 Å². The van der Waals surface area contributed by atoms with Crippen molar-refractivity contribution >= 4 is 0 Å². The highest BCUT2D eigenvalue weighted by molar-refractivity contribution is 5.35. The molecule has 102 valence electrons. The van der Waals surface area contributed by atoms with E-state index in [0.717, 1.165) is 24.3 Å². The topological polar surface area (TPSA) is 60.2 Å². The number of hydrogen-bond acceptors (Lipinski definition) is 4. The molecule has 1 aromatic carbocycles. The molecule has 0 atom stereocenters. The van der Waals surface area contributed by atoms with Crippen LogP contribution in [0.5, 0.6) is 5.75 Å². The summed E-state index contributed by atoms with van der Waals surface area (Å²) in [5, 5.41) is 16.6. The maximum Gasteiger partial charge on any atom is 0.122 e. The summed E-state index contributed by atoms with van der Waals surface area (Å²) >= 11 is 0. The highest BCUT2D eigenvalue weighted by atomic mass is 16.5. The number of aryl methyl sites for hydroxylation is 3. The molecule has 0 aliphatic rings. The smallest absolute Gasteiger partial charge is 0.122 e. The summed E-state index contributed by atoms with van der Waals surface area (Å²) in [5.41, 5.74) is 2.94. The zero-order chi connectivity index (χ0) is 13.7. The highest BCUT2D eigenvalue weighted by Crippen LogP contribution is 2.19. The predicted octanol–water partition coefficient (Wildman–Crippen LogP) is 1.86. The number of aliphatic hydroxyl groups excluding tert-OH is 1.